The van der Waals surface area contributed by atoms with Gasteiger partial charge in [-0.05, 0) is 62.2 Å². The number of thiazole rings is 1. The zero-order valence-corrected chi connectivity index (χ0v) is 23.5. The number of rotatable bonds is 8. The Hall–Kier alpha value is -4.51. The lowest BCUT2D eigenvalue weighted by atomic mass is 9.95. The Kier molecular flexibility index (Phi) is 8.64. The van der Waals surface area contributed by atoms with Crippen LogP contribution in [-0.4, -0.2) is 35.7 Å². The normalized spacial score (nSPS) is 14.7. The minimum atomic E-state index is -0.866. The number of nitrogens with zero attached hydrogens (tertiary/aromatic N) is 2. The van der Waals surface area contributed by atoms with Gasteiger partial charge < -0.3 is 18.9 Å². The van der Waals surface area contributed by atoms with Gasteiger partial charge in [-0.3, -0.25) is 19.0 Å². The molecule has 0 unspecified atom stereocenters. The number of esters is 3. The van der Waals surface area contributed by atoms with Crippen molar-refractivity contribution in [3.8, 4) is 17.2 Å². The Bertz CT molecular complexity index is 1680. The zero-order chi connectivity index (χ0) is 29.0. The van der Waals surface area contributed by atoms with Gasteiger partial charge in [-0.25, -0.2) is 9.79 Å². The Morgan fingerprint density at radius 1 is 0.975 bits per heavy atom. The van der Waals surface area contributed by atoms with E-state index in [0.29, 0.717) is 44.3 Å². The SMILES string of the molecule is CCOC(=O)C1=C(C)N=c2s/c(=C/c3ccc(OC(C)=O)cc3)c(=O)n2[C@H]1c1ccc(OC(C)=O)c(OCC)c1. The van der Waals surface area contributed by atoms with Crippen LogP contribution < -0.4 is 29.1 Å². The minimum Gasteiger partial charge on any atom is -0.490 e. The number of benzene rings is 2. The van der Waals surface area contributed by atoms with Crippen molar-refractivity contribution in [1.82, 2.24) is 4.57 Å². The molecule has 1 aliphatic rings. The third-order valence-corrected chi connectivity index (χ3v) is 6.78. The monoisotopic (exact) mass is 564 g/mol. The molecule has 1 aromatic heterocycles. The highest BCUT2D eigenvalue weighted by Gasteiger charge is 2.34. The van der Waals surface area contributed by atoms with E-state index < -0.39 is 23.9 Å². The number of allylic oxidation sites excluding steroid dienone is 1. The Labute approximate surface area is 233 Å². The maximum Gasteiger partial charge on any atom is 0.338 e. The lowest BCUT2D eigenvalue weighted by molar-refractivity contribution is -0.139. The number of hydrogen-bond donors (Lipinski definition) is 0. The van der Waals surface area contributed by atoms with Gasteiger partial charge in [-0.2, -0.15) is 0 Å². The van der Waals surface area contributed by atoms with Gasteiger partial charge in [0, 0.05) is 13.8 Å². The van der Waals surface area contributed by atoms with E-state index in [0.717, 1.165) is 0 Å². The van der Waals surface area contributed by atoms with Crippen LogP contribution in [0.3, 0.4) is 0 Å². The summed E-state index contributed by atoms with van der Waals surface area (Å²) in [6.07, 6.45) is 1.71. The average Bonchev–Trinajstić information content (AvgIpc) is 3.19. The van der Waals surface area contributed by atoms with Crippen LogP contribution in [0.25, 0.3) is 6.08 Å². The summed E-state index contributed by atoms with van der Waals surface area (Å²) in [4.78, 5) is 54.8. The number of ether oxygens (including phenoxy) is 4. The highest BCUT2D eigenvalue weighted by atomic mass is 32.1. The lowest BCUT2D eigenvalue weighted by Crippen LogP contribution is -2.40. The smallest absolute Gasteiger partial charge is 0.338 e. The van der Waals surface area contributed by atoms with Crippen LogP contribution in [0.5, 0.6) is 17.2 Å². The van der Waals surface area contributed by atoms with Crippen LogP contribution in [0, 0.1) is 0 Å². The van der Waals surface area contributed by atoms with Gasteiger partial charge in [0.15, 0.2) is 16.3 Å². The summed E-state index contributed by atoms with van der Waals surface area (Å²) in [7, 11) is 0. The molecule has 3 aromatic rings. The fourth-order valence-corrected chi connectivity index (χ4v) is 5.31. The van der Waals surface area contributed by atoms with E-state index in [1.165, 1.54) is 29.8 Å². The van der Waals surface area contributed by atoms with Crippen LogP contribution in [0.1, 0.15) is 51.8 Å². The van der Waals surface area contributed by atoms with E-state index in [1.54, 1.807) is 69.3 Å². The topological polar surface area (TPSA) is 122 Å². The van der Waals surface area contributed by atoms with Crippen LogP contribution in [-0.2, 0) is 19.1 Å². The first kappa shape index (κ1) is 28.5. The zero-order valence-electron chi connectivity index (χ0n) is 22.7. The largest absolute Gasteiger partial charge is 0.490 e. The molecule has 208 valence electrons. The predicted octanol–water partition coefficient (Wildman–Crippen LogP) is 3.05. The maximum atomic E-state index is 13.8. The van der Waals surface area contributed by atoms with E-state index in [1.807, 2.05) is 0 Å². The van der Waals surface area contributed by atoms with Crippen molar-refractivity contribution < 1.29 is 33.3 Å². The molecule has 2 aromatic carbocycles. The van der Waals surface area contributed by atoms with E-state index >= 15 is 0 Å². The summed E-state index contributed by atoms with van der Waals surface area (Å²) in [5.74, 6) is -0.619. The van der Waals surface area contributed by atoms with Crippen LogP contribution in [0.2, 0.25) is 0 Å². The molecule has 1 aliphatic heterocycles. The fraction of sp³-hybridized carbons (Fsp3) is 0.276. The summed E-state index contributed by atoms with van der Waals surface area (Å²) in [5.41, 5.74) is 1.55. The number of hydrogen-bond acceptors (Lipinski definition) is 10. The first-order valence-corrected chi connectivity index (χ1v) is 13.4. The van der Waals surface area contributed by atoms with Crippen molar-refractivity contribution in [2.75, 3.05) is 13.2 Å². The number of carbonyl (C=O) groups is 3. The number of carbonyl (C=O) groups excluding carboxylic acids is 3. The minimum absolute atomic E-state index is 0.145. The van der Waals surface area contributed by atoms with Crippen molar-refractivity contribution >= 4 is 35.3 Å². The average molecular weight is 565 g/mol. The summed E-state index contributed by atoms with van der Waals surface area (Å²) in [5, 5.41) is 0. The molecule has 0 amide bonds. The molecular formula is C29H28N2O8S. The van der Waals surface area contributed by atoms with Gasteiger partial charge in [0.1, 0.15) is 5.75 Å². The van der Waals surface area contributed by atoms with Gasteiger partial charge in [0.2, 0.25) is 0 Å². The van der Waals surface area contributed by atoms with Gasteiger partial charge in [-0.1, -0.05) is 29.5 Å². The van der Waals surface area contributed by atoms with Crippen molar-refractivity contribution in [3.63, 3.8) is 0 Å². The molecule has 0 saturated heterocycles. The molecule has 2 heterocycles. The molecule has 4 rings (SSSR count). The second-order valence-electron chi connectivity index (χ2n) is 8.70. The standard InChI is InChI=1S/C29H28N2O8S/c1-6-36-23-15-20(10-13-22(23)39-18(5)33)26-25(28(35)37-7-2)16(3)30-29-31(26)27(34)24(40-29)14-19-8-11-21(12-9-19)38-17(4)32/h8-15,26H,6-7H2,1-5H3/b24-14+/t26-/m0/s1. The van der Waals surface area contributed by atoms with Crippen LogP contribution >= 0.6 is 11.3 Å². The molecule has 0 N–H and O–H groups in total. The van der Waals surface area contributed by atoms with Crippen molar-refractivity contribution in [2.45, 2.75) is 40.7 Å². The quantitative estimate of drug-likeness (QED) is 0.302. The molecule has 10 nitrogen and oxygen atoms in total. The van der Waals surface area contributed by atoms with E-state index in [9.17, 15) is 19.2 Å². The van der Waals surface area contributed by atoms with E-state index in [-0.39, 0.29) is 23.5 Å². The molecular weight excluding hydrogens is 536 g/mol. The fourth-order valence-electron chi connectivity index (χ4n) is 4.26. The Morgan fingerprint density at radius 2 is 1.68 bits per heavy atom. The Morgan fingerprint density at radius 3 is 2.30 bits per heavy atom. The molecule has 0 fully saturated rings. The molecule has 0 bridgehead atoms. The van der Waals surface area contributed by atoms with Crippen molar-refractivity contribution in [3.05, 3.63) is 84.5 Å². The summed E-state index contributed by atoms with van der Waals surface area (Å²) in [6, 6.07) is 10.8. The molecule has 0 spiro atoms. The summed E-state index contributed by atoms with van der Waals surface area (Å²) >= 11 is 1.18. The second kappa shape index (κ2) is 12.1. The molecule has 40 heavy (non-hydrogen) atoms. The lowest BCUT2D eigenvalue weighted by Gasteiger charge is -2.25. The van der Waals surface area contributed by atoms with Crippen molar-refractivity contribution in [1.29, 1.82) is 0 Å². The molecule has 0 radical (unpaired) electrons. The predicted molar refractivity (Wildman–Crippen MR) is 147 cm³/mol. The van der Waals surface area contributed by atoms with Gasteiger partial charge in [0.25, 0.3) is 5.56 Å². The van der Waals surface area contributed by atoms with Gasteiger partial charge >= 0.3 is 17.9 Å². The third kappa shape index (κ3) is 6.04. The third-order valence-electron chi connectivity index (χ3n) is 5.79. The highest BCUT2D eigenvalue weighted by molar-refractivity contribution is 7.07. The van der Waals surface area contributed by atoms with E-state index in [4.69, 9.17) is 18.9 Å². The van der Waals surface area contributed by atoms with Crippen LogP contribution in [0.4, 0.5) is 0 Å². The second-order valence-corrected chi connectivity index (χ2v) is 9.71. The van der Waals surface area contributed by atoms with Gasteiger partial charge in [-0.15, -0.1) is 0 Å². The molecule has 11 heteroatoms. The van der Waals surface area contributed by atoms with E-state index in [2.05, 4.69) is 4.99 Å². The first-order valence-electron chi connectivity index (χ1n) is 12.6. The summed E-state index contributed by atoms with van der Waals surface area (Å²) < 4.78 is 23.3. The first-order chi connectivity index (χ1) is 19.1. The highest BCUT2D eigenvalue weighted by Crippen LogP contribution is 2.36. The van der Waals surface area contributed by atoms with Crippen molar-refractivity contribution in [2.24, 2.45) is 4.99 Å². The summed E-state index contributed by atoms with van der Waals surface area (Å²) in [6.45, 7) is 8.24. The molecule has 0 aliphatic carbocycles. The van der Waals surface area contributed by atoms with Gasteiger partial charge in [0.05, 0.1) is 35.1 Å². The molecule has 0 saturated carbocycles. The number of aromatic nitrogens is 1. The maximum absolute atomic E-state index is 13.8. The van der Waals surface area contributed by atoms with Crippen LogP contribution in [0.15, 0.2) is 63.5 Å². The molecule has 1 atom stereocenters. The number of fused-ring (bicyclic) bond motifs is 1. The Balaban J connectivity index is 1.89.